The number of fused-ring (bicyclic) bond motifs is 1. The van der Waals surface area contributed by atoms with E-state index >= 15 is 0 Å². The van der Waals surface area contributed by atoms with Gasteiger partial charge < -0.3 is 9.73 Å². The van der Waals surface area contributed by atoms with Crippen LogP contribution in [-0.4, -0.2) is 6.04 Å². The lowest BCUT2D eigenvalue weighted by molar-refractivity contribution is 0.453. The van der Waals surface area contributed by atoms with Gasteiger partial charge in [-0.25, -0.2) is 0 Å². The van der Waals surface area contributed by atoms with Gasteiger partial charge in [0.2, 0.25) is 5.88 Å². The second-order valence-electron chi connectivity index (χ2n) is 6.91. The summed E-state index contributed by atoms with van der Waals surface area (Å²) in [5.74, 6) is 0.859. The third-order valence-corrected chi connectivity index (χ3v) is 6.07. The van der Waals surface area contributed by atoms with Gasteiger partial charge in [0.1, 0.15) is 11.3 Å². The third-order valence-electron chi connectivity index (χ3n) is 4.97. The Morgan fingerprint density at radius 3 is 2.58 bits per heavy atom. The summed E-state index contributed by atoms with van der Waals surface area (Å²) in [6, 6.07) is 17.1. The van der Waals surface area contributed by atoms with Crippen LogP contribution in [0, 0.1) is 0 Å². The molecular weight excluding hydrogens is 456 g/mol. The lowest BCUT2D eigenvalue weighted by Crippen LogP contribution is -2.23. The molecular formula is C21H22Br2N2O. The molecule has 2 aromatic carbocycles. The summed E-state index contributed by atoms with van der Waals surface area (Å²) in [5, 5.41) is 4.77. The lowest BCUT2D eigenvalue weighted by atomic mass is 9.95. The summed E-state index contributed by atoms with van der Waals surface area (Å²) < 4.78 is 9.37. The number of hydrogen-bond acceptors (Lipinski definition) is 3. The van der Waals surface area contributed by atoms with E-state index in [2.05, 4.69) is 71.7 Å². The molecule has 1 aromatic heterocycles. The Morgan fingerprint density at radius 1 is 1.04 bits per heavy atom. The molecule has 26 heavy (non-hydrogen) atoms. The molecule has 4 rings (SSSR count). The first-order valence-electron chi connectivity index (χ1n) is 9.16. The van der Waals surface area contributed by atoms with Crippen molar-refractivity contribution in [3.8, 4) is 0 Å². The zero-order valence-electron chi connectivity index (χ0n) is 14.6. The zero-order chi connectivity index (χ0) is 17.9. The van der Waals surface area contributed by atoms with E-state index in [4.69, 9.17) is 4.42 Å². The van der Waals surface area contributed by atoms with Crippen molar-refractivity contribution in [1.29, 1.82) is 0 Å². The van der Waals surface area contributed by atoms with Crippen LogP contribution in [0.4, 0.5) is 11.6 Å². The Morgan fingerprint density at radius 2 is 1.81 bits per heavy atom. The van der Waals surface area contributed by atoms with Crippen LogP contribution in [0.5, 0.6) is 0 Å². The van der Waals surface area contributed by atoms with E-state index in [0.717, 1.165) is 33.6 Å². The van der Waals surface area contributed by atoms with Crippen molar-refractivity contribution in [3.05, 3.63) is 58.6 Å². The predicted octanol–water partition coefficient (Wildman–Crippen LogP) is 7.26. The number of halogens is 2. The number of benzene rings is 2. The van der Waals surface area contributed by atoms with E-state index in [0.29, 0.717) is 6.04 Å². The molecule has 1 fully saturated rings. The average Bonchev–Trinajstić information content (AvgIpc) is 3.00. The van der Waals surface area contributed by atoms with Crippen LogP contribution in [0.3, 0.4) is 0 Å². The van der Waals surface area contributed by atoms with Gasteiger partial charge in [0.25, 0.3) is 0 Å². The molecule has 0 aliphatic heterocycles. The molecule has 1 aliphatic rings. The van der Waals surface area contributed by atoms with Crippen LogP contribution in [-0.2, 0) is 6.54 Å². The Balaban J connectivity index is 1.69. The maximum atomic E-state index is 6.21. The maximum Gasteiger partial charge on any atom is 0.218 e. The Labute approximate surface area is 171 Å². The minimum atomic E-state index is 0.490. The van der Waals surface area contributed by atoms with Gasteiger partial charge in [-0.3, -0.25) is 3.93 Å². The Bertz CT molecular complexity index is 872. The highest BCUT2D eigenvalue weighted by molar-refractivity contribution is 9.10. The summed E-state index contributed by atoms with van der Waals surface area (Å²) in [7, 11) is 0. The number of rotatable bonds is 5. The fraction of sp³-hybridized carbons (Fsp3) is 0.333. The van der Waals surface area contributed by atoms with Gasteiger partial charge in [-0.2, -0.15) is 0 Å². The minimum absolute atomic E-state index is 0.490. The molecule has 0 saturated heterocycles. The van der Waals surface area contributed by atoms with Crippen molar-refractivity contribution in [3.63, 3.8) is 0 Å². The molecule has 0 amide bonds. The second-order valence-corrected chi connectivity index (χ2v) is 8.68. The SMILES string of the molecule is Brc1ccc2oc(NC3CCCCC3)c(N(Br)Cc3ccccc3)c2c1. The first-order chi connectivity index (χ1) is 12.7. The van der Waals surface area contributed by atoms with Crippen LogP contribution in [0.2, 0.25) is 0 Å². The summed E-state index contributed by atoms with van der Waals surface area (Å²) in [5.41, 5.74) is 3.21. The van der Waals surface area contributed by atoms with E-state index in [1.807, 2.05) is 18.2 Å². The van der Waals surface area contributed by atoms with E-state index < -0.39 is 0 Å². The monoisotopic (exact) mass is 476 g/mol. The van der Waals surface area contributed by atoms with Gasteiger partial charge >= 0.3 is 0 Å². The Kier molecular flexibility index (Phi) is 5.55. The fourth-order valence-corrected chi connectivity index (χ4v) is 4.65. The number of nitrogens with zero attached hydrogens (tertiary/aromatic N) is 1. The lowest BCUT2D eigenvalue weighted by Gasteiger charge is -2.24. The van der Waals surface area contributed by atoms with Crippen LogP contribution >= 0.6 is 32.1 Å². The number of hydrogen-bond donors (Lipinski definition) is 1. The van der Waals surface area contributed by atoms with E-state index in [1.165, 1.54) is 37.7 Å². The minimum Gasteiger partial charge on any atom is -0.438 e. The first-order valence-corrected chi connectivity index (χ1v) is 10.7. The van der Waals surface area contributed by atoms with Crippen molar-refractivity contribution in [2.24, 2.45) is 0 Å². The van der Waals surface area contributed by atoms with Crippen LogP contribution in [0.15, 0.2) is 57.4 Å². The molecule has 136 valence electrons. The zero-order valence-corrected chi connectivity index (χ0v) is 17.7. The molecule has 3 aromatic rings. The highest BCUT2D eigenvalue weighted by atomic mass is 79.9. The summed E-state index contributed by atoms with van der Waals surface area (Å²) in [6.07, 6.45) is 6.35. The molecule has 0 spiro atoms. The smallest absolute Gasteiger partial charge is 0.218 e. The average molecular weight is 478 g/mol. The third kappa shape index (κ3) is 3.94. The summed E-state index contributed by atoms with van der Waals surface area (Å²) in [4.78, 5) is 0. The highest BCUT2D eigenvalue weighted by Crippen LogP contribution is 2.42. The summed E-state index contributed by atoms with van der Waals surface area (Å²) >= 11 is 7.38. The molecule has 0 unspecified atom stereocenters. The standard InChI is InChI=1S/C21H22Br2N2O/c22-16-11-12-19-18(13-16)20(25(23)14-15-7-3-1-4-8-15)21(26-19)24-17-9-5-2-6-10-17/h1,3-4,7-8,11-13,17,24H,2,5-6,9-10,14H2. The van der Waals surface area contributed by atoms with Crippen molar-refractivity contribution in [2.45, 2.75) is 44.7 Å². The summed E-state index contributed by atoms with van der Waals surface area (Å²) in [6.45, 7) is 0.765. The van der Waals surface area contributed by atoms with Gasteiger partial charge in [-0.15, -0.1) is 0 Å². The molecule has 0 atom stereocenters. The van der Waals surface area contributed by atoms with Crippen molar-refractivity contribution >= 4 is 54.6 Å². The van der Waals surface area contributed by atoms with Gasteiger partial charge in [0, 0.05) is 15.9 Å². The van der Waals surface area contributed by atoms with Gasteiger partial charge in [0.15, 0.2) is 0 Å². The molecule has 1 aliphatic carbocycles. The van der Waals surface area contributed by atoms with Crippen molar-refractivity contribution in [1.82, 2.24) is 0 Å². The molecule has 3 nitrogen and oxygen atoms in total. The van der Waals surface area contributed by atoms with Crippen molar-refractivity contribution in [2.75, 3.05) is 9.24 Å². The van der Waals surface area contributed by atoms with Crippen LogP contribution in [0.1, 0.15) is 37.7 Å². The molecule has 1 saturated carbocycles. The highest BCUT2D eigenvalue weighted by Gasteiger charge is 2.23. The quantitative estimate of drug-likeness (QED) is 0.392. The van der Waals surface area contributed by atoms with Crippen LogP contribution in [0.25, 0.3) is 11.0 Å². The largest absolute Gasteiger partial charge is 0.438 e. The van der Waals surface area contributed by atoms with Gasteiger partial charge in [-0.05, 0) is 36.6 Å². The molecule has 1 N–H and O–H groups in total. The van der Waals surface area contributed by atoms with E-state index in [9.17, 15) is 0 Å². The molecule has 0 bridgehead atoms. The number of anilines is 2. The van der Waals surface area contributed by atoms with E-state index in [-0.39, 0.29) is 0 Å². The fourth-order valence-electron chi connectivity index (χ4n) is 3.65. The Hall–Kier alpha value is -1.46. The van der Waals surface area contributed by atoms with Gasteiger partial charge in [-0.1, -0.05) is 65.5 Å². The van der Waals surface area contributed by atoms with Gasteiger partial charge in [0.05, 0.1) is 22.7 Å². The van der Waals surface area contributed by atoms with Crippen molar-refractivity contribution < 1.29 is 4.42 Å². The maximum absolute atomic E-state index is 6.21. The normalized spacial score (nSPS) is 15.3. The number of furan rings is 1. The van der Waals surface area contributed by atoms with E-state index in [1.54, 1.807) is 0 Å². The molecule has 0 radical (unpaired) electrons. The predicted molar refractivity (Wildman–Crippen MR) is 116 cm³/mol. The first kappa shape index (κ1) is 17.9. The van der Waals surface area contributed by atoms with Crippen LogP contribution < -0.4 is 9.24 Å². The molecule has 1 heterocycles. The topological polar surface area (TPSA) is 28.4 Å². The molecule has 5 heteroatoms. The second kappa shape index (κ2) is 8.05. The number of nitrogens with one attached hydrogen (secondary N) is 1.